The smallest absolute Gasteiger partial charge is 0.178 e. The lowest BCUT2D eigenvalue weighted by Gasteiger charge is -2.39. The summed E-state index contributed by atoms with van der Waals surface area (Å²) < 4.78 is 7.77. The van der Waals surface area contributed by atoms with Gasteiger partial charge in [0.1, 0.15) is 5.75 Å². The highest BCUT2D eigenvalue weighted by molar-refractivity contribution is 6.08. The number of hydrogen-bond donors (Lipinski definition) is 0. The molecule has 1 aliphatic heterocycles. The topological polar surface area (TPSA) is 47.9 Å². The standard InChI is InChI=1S/C57H43N3O/c1-3-56(4-2)49-30-17-16-29-47(49)50-45-27-14-15-28-46(45)52-48(51(50)56)35-36-57(61-52,44-26-18-25-42(37-44)38-19-8-5-9-20-38)43-33-31-41(32-34-43)55-59-53(39-21-10-6-11-22-39)58-54(60-55)40-23-12-7-13-24-40/h5-37H,3-4H2,1-2H3. The first-order chi connectivity index (χ1) is 30.1. The van der Waals surface area contributed by atoms with Gasteiger partial charge in [-0.05, 0) is 63.8 Å². The molecule has 1 aromatic heterocycles. The third-order valence-electron chi connectivity index (χ3n) is 13.0. The zero-order chi connectivity index (χ0) is 41.0. The summed E-state index contributed by atoms with van der Waals surface area (Å²) in [4.78, 5) is 15.0. The summed E-state index contributed by atoms with van der Waals surface area (Å²) in [7, 11) is 0. The van der Waals surface area contributed by atoms with E-state index in [0.29, 0.717) is 17.5 Å². The average molecular weight is 786 g/mol. The second-order valence-electron chi connectivity index (χ2n) is 16.1. The molecule has 4 heteroatoms. The Balaban J connectivity index is 1.11. The van der Waals surface area contributed by atoms with Gasteiger partial charge in [0.05, 0.1) is 0 Å². The van der Waals surface area contributed by atoms with Gasteiger partial charge in [0.15, 0.2) is 23.1 Å². The van der Waals surface area contributed by atoms with Crippen LogP contribution in [-0.2, 0) is 11.0 Å². The van der Waals surface area contributed by atoms with Gasteiger partial charge in [0, 0.05) is 44.2 Å². The highest BCUT2D eigenvalue weighted by atomic mass is 16.5. The lowest BCUT2D eigenvalue weighted by molar-refractivity contribution is 0.163. The van der Waals surface area contributed by atoms with Crippen molar-refractivity contribution in [2.45, 2.75) is 37.7 Å². The van der Waals surface area contributed by atoms with Crippen molar-refractivity contribution in [1.29, 1.82) is 0 Å². The molecular weight excluding hydrogens is 743 g/mol. The van der Waals surface area contributed by atoms with Crippen LogP contribution in [0, 0.1) is 0 Å². The first-order valence-corrected chi connectivity index (χ1v) is 21.3. The van der Waals surface area contributed by atoms with E-state index in [4.69, 9.17) is 19.7 Å². The number of ether oxygens (including phenoxy) is 1. The van der Waals surface area contributed by atoms with Gasteiger partial charge < -0.3 is 4.74 Å². The number of benzene rings is 8. The Labute approximate surface area is 357 Å². The van der Waals surface area contributed by atoms with Crippen molar-refractivity contribution >= 4 is 16.8 Å². The molecule has 61 heavy (non-hydrogen) atoms. The Morgan fingerprint density at radius 2 is 0.984 bits per heavy atom. The van der Waals surface area contributed by atoms with Crippen molar-refractivity contribution in [3.05, 3.63) is 222 Å². The molecule has 0 spiro atoms. The van der Waals surface area contributed by atoms with Crippen LogP contribution in [0.25, 0.3) is 73.3 Å². The number of nitrogens with zero attached hydrogens (tertiary/aromatic N) is 3. The minimum Gasteiger partial charge on any atom is -0.472 e. The summed E-state index contributed by atoms with van der Waals surface area (Å²) in [5.74, 6) is 2.80. The molecule has 11 rings (SSSR count). The molecule has 4 nitrogen and oxygen atoms in total. The van der Waals surface area contributed by atoms with Crippen molar-refractivity contribution in [2.24, 2.45) is 0 Å². The van der Waals surface area contributed by atoms with Crippen LogP contribution in [0.3, 0.4) is 0 Å². The van der Waals surface area contributed by atoms with Gasteiger partial charge in [0.2, 0.25) is 0 Å². The van der Waals surface area contributed by atoms with E-state index in [1.807, 2.05) is 60.7 Å². The van der Waals surface area contributed by atoms with Crippen LogP contribution in [0.1, 0.15) is 54.5 Å². The summed E-state index contributed by atoms with van der Waals surface area (Å²) in [6.07, 6.45) is 6.65. The van der Waals surface area contributed by atoms with E-state index in [-0.39, 0.29) is 5.41 Å². The molecular formula is C57H43N3O. The molecule has 2 aliphatic rings. The number of hydrogen-bond acceptors (Lipinski definition) is 4. The molecule has 0 bridgehead atoms. The Hall–Kier alpha value is -7.43. The molecule has 0 amide bonds. The molecule has 0 radical (unpaired) electrons. The maximum atomic E-state index is 7.77. The molecule has 0 fully saturated rings. The second-order valence-corrected chi connectivity index (χ2v) is 16.1. The monoisotopic (exact) mass is 785 g/mol. The van der Waals surface area contributed by atoms with Crippen molar-refractivity contribution in [3.8, 4) is 62.2 Å². The molecule has 0 saturated heterocycles. The lowest BCUT2D eigenvalue weighted by Crippen LogP contribution is -2.35. The van der Waals surface area contributed by atoms with E-state index in [9.17, 15) is 0 Å². The molecule has 1 aliphatic carbocycles. The summed E-state index contributed by atoms with van der Waals surface area (Å²) in [6, 6.07) is 66.1. The lowest BCUT2D eigenvalue weighted by atomic mass is 9.71. The Morgan fingerprint density at radius 1 is 0.459 bits per heavy atom. The van der Waals surface area contributed by atoms with E-state index in [1.165, 1.54) is 33.2 Å². The molecule has 0 N–H and O–H groups in total. The summed E-state index contributed by atoms with van der Waals surface area (Å²) >= 11 is 0. The number of aromatic nitrogens is 3. The van der Waals surface area contributed by atoms with Crippen molar-refractivity contribution in [2.75, 3.05) is 0 Å². The summed E-state index contributed by atoms with van der Waals surface area (Å²) in [6.45, 7) is 4.67. The molecule has 1 unspecified atom stereocenters. The van der Waals surface area contributed by atoms with Crippen molar-refractivity contribution in [3.63, 3.8) is 0 Å². The van der Waals surface area contributed by atoms with Crippen molar-refractivity contribution < 1.29 is 4.74 Å². The molecule has 292 valence electrons. The van der Waals surface area contributed by atoms with Gasteiger partial charge >= 0.3 is 0 Å². The fourth-order valence-corrected chi connectivity index (χ4v) is 9.95. The largest absolute Gasteiger partial charge is 0.472 e. The maximum Gasteiger partial charge on any atom is 0.178 e. The van der Waals surface area contributed by atoms with Gasteiger partial charge in [-0.2, -0.15) is 0 Å². The van der Waals surface area contributed by atoms with Crippen LogP contribution in [-0.4, -0.2) is 15.0 Å². The van der Waals surface area contributed by atoms with Crippen molar-refractivity contribution in [1.82, 2.24) is 15.0 Å². The fraction of sp³-hybridized carbons (Fsp3) is 0.105. The third-order valence-corrected chi connectivity index (χ3v) is 13.0. The highest BCUT2D eigenvalue weighted by Crippen LogP contribution is 2.60. The van der Waals surface area contributed by atoms with E-state index < -0.39 is 5.60 Å². The predicted octanol–water partition coefficient (Wildman–Crippen LogP) is 14.1. The second kappa shape index (κ2) is 14.7. The number of rotatable bonds is 8. The molecule has 9 aromatic rings. The zero-order valence-electron chi connectivity index (χ0n) is 34.2. The average Bonchev–Trinajstić information content (AvgIpc) is 3.65. The quantitative estimate of drug-likeness (QED) is 0.154. The zero-order valence-corrected chi connectivity index (χ0v) is 34.2. The van der Waals surface area contributed by atoms with E-state index in [2.05, 4.69) is 153 Å². The van der Waals surface area contributed by atoms with Gasteiger partial charge in [-0.25, -0.2) is 15.0 Å². The Bertz CT molecular complexity index is 3060. The summed E-state index contributed by atoms with van der Waals surface area (Å²) in [5.41, 5.74) is 12.7. The van der Waals surface area contributed by atoms with Crippen LogP contribution in [0.15, 0.2) is 194 Å². The first kappa shape index (κ1) is 36.6. The van der Waals surface area contributed by atoms with E-state index in [1.54, 1.807) is 0 Å². The normalized spacial score (nSPS) is 15.8. The van der Waals surface area contributed by atoms with Gasteiger partial charge in [-0.3, -0.25) is 0 Å². The van der Waals surface area contributed by atoms with Gasteiger partial charge in [-0.15, -0.1) is 0 Å². The maximum absolute atomic E-state index is 7.77. The number of fused-ring (bicyclic) bond motifs is 8. The first-order valence-electron chi connectivity index (χ1n) is 21.3. The molecule has 0 saturated carbocycles. The van der Waals surface area contributed by atoms with Gasteiger partial charge in [0.25, 0.3) is 0 Å². The van der Waals surface area contributed by atoms with Gasteiger partial charge in [-0.1, -0.05) is 202 Å². The Morgan fingerprint density at radius 3 is 1.61 bits per heavy atom. The van der Waals surface area contributed by atoms with Crippen LogP contribution in [0.5, 0.6) is 5.75 Å². The minimum atomic E-state index is -0.955. The highest BCUT2D eigenvalue weighted by Gasteiger charge is 2.46. The SMILES string of the molecule is CCC1(CC)c2ccccc2-c2c1c1c(c3ccccc23)OC(c2ccc(-c3nc(-c4ccccc4)nc(-c4ccccc4)n3)cc2)(c2cccc(-c3ccccc3)c2)C=C1. The van der Waals surface area contributed by atoms with Crippen LogP contribution < -0.4 is 4.74 Å². The fourth-order valence-electron chi connectivity index (χ4n) is 9.95. The minimum absolute atomic E-state index is 0.135. The third kappa shape index (κ3) is 5.85. The molecule has 2 heterocycles. The Kier molecular flexibility index (Phi) is 8.82. The molecule has 1 atom stereocenters. The van der Waals surface area contributed by atoms with E-state index in [0.717, 1.165) is 62.9 Å². The van der Waals surface area contributed by atoms with Crippen LogP contribution >= 0.6 is 0 Å². The van der Waals surface area contributed by atoms with Crippen LogP contribution in [0.2, 0.25) is 0 Å². The summed E-state index contributed by atoms with van der Waals surface area (Å²) in [5, 5.41) is 2.34. The van der Waals surface area contributed by atoms with Crippen LogP contribution in [0.4, 0.5) is 0 Å². The predicted molar refractivity (Wildman–Crippen MR) is 249 cm³/mol. The molecule has 8 aromatic carbocycles. The van der Waals surface area contributed by atoms with E-state index >= 15 is 0 Å².